The molecule has 0 atom stereocenters. The molecular formula is C14H16N2O3S. The van der Waals surface area contributed by atoms with Crippen molar-refractivity contribution in [2.75, 3.05) is 12.3 Å². The summed E-state index contributed by atoms with van der Waals surface area (Å²) in [5.41, 5.74) is 1.54. The van der Waals surface area contributed by atoms with Crippen molar-refractivity contribution in [1.82, 2.24) is 10.3 Å². The Labute approximate surface area is 120 Å². The van der Waals surface area contributed by atoms with Crippen molar-refractivity contribution in [2.24, 2.45) is 5.92 Å². The smallest absolute Gasteiger partial charge is 0.257 e. The molecule has 106 valence electrons. The van der Waals surface area contributed by atoms with Crippen LogP contribution in [0.4, 0.5) is 0 Å². The van der Waals surface area contributed by atoms with Gasteiger partial charge in [-0.25, -0.2) is 4.98 Å². The third-order valence-electron chi connectivity index (χ3n) is 3.40. The Bertz CT molecular complexity index is 574. The number of amides is 1. The Hall–Kier alpha value is -1.53. The highest BCUT2D eigenvalue weighted by molar-refractivity contribution is 7.99. The van der Waals surface area contributed by atoms with Crippen LogP contribution in [0.25, 0.3) is 11.1 Å². The molecule has 1 fully saturated rings. The molecule has 1 aliphatic rings. The zero-order valence-electron chi connectivity index (χ0n) is 10.9. The second-order valence-electron chi connectivity index (χ2n) is 5.03. The molecule has 0 bridgehead atoms. The van der Waals surface area contributed by atoms with Gasteiger partial charge in [-0.3, -0.25) is 4.79 Å². The monoisotopic (exact) mass is 292 g/mol. The quantitative estimate of drug-likeness (QED) is 0.822. The van der Waals surface area contributed by atoms with Gasteiger partial charge in [0.2, 0.25) is 5.91 Å². The number of carbonyl (C=O) groups excluding carboxylic acids is 1. The largest absolute Gasteiger partial charge is 0.431 e. The molecular weight excluding hydrogens is 276 g/mol. The van der Waals surface area contributed by atoms with Gasteiger partial charge in [0.25, 0.3) is 5.22 Å². The van der Waals surface area contributed by atoms with Crippen LogP contribution in [0, 0.1) is 5.92 Å². The number of hydrogen-bond acceptors (Lipinski definition) is 5. The highest BCUT2D eigenvalue weighted by Gasteiger charge is 2.27. The van der Waals surface area contributed by atoms with Crippen LogP contribution >= 0.6 is 11.8 Å². The van der Waals surface area contributed by atoms with Crippen LogP contribution in [0.2, 0.25) is 0 Å². The van der Waals surface area contributed by atoms with Crippen LogP contribution in [0.3, 0.4) is 0 Å². The molecule has 0 radical (unpaired) electrons. The molecule has 0 aliphatic heterocycles. The predicted octanol–water partition coefficient (Wildman–Crippen LogP) is 1.81. The summed E-state index contributed by atoms with van der Waals surface area (Å²) in [7, 11) is 0. The molecule has 1 aromatic carbocycles. The summed E-state index contributed by atoms with van der Waals surface area (Å²) >= 11 is 1.29. The van der Waals surface area contributed by atoms with Gasteiger partial charge in [-0.1, -0.05) is 23.9 Å². The number of aliphatic hydroxyl groups is 1. The third-order valence-corrected chi connectivity index (χ3v) is 4.23. The zero-order valence-corrected chi connectivity index (χ0v) is 11.7. The number of hydrogen-bond donors (Lipinski definition) is 2. The highest BCUT2D eigenvalue weighted by atomic mass is 32.2. The van der Waals surface area contributed by atoms with Gasteiger partial charge in [0.1, 0.15) is 5.52 Å². The van der Waals surface area contributed by atoms with Gasteiger partial charge < -0.3 is 14.8 Å². The molecule has 0 saturated heterocycles. The first-order valence-corrected chi connectivity index (χ1v) is 7.62. The highest BCUT2D eigenvalue weighted by Crippen LogP contribution is 2.26. The van der Waals surface area contributed by atoms with Crippen molar-refractivity contribution in [2.45, 2.75) is 24.2 Å². The van der Waals surface area contributed by atoms with E-state index in [0.29, 0.717) is 23.4 Å². The fourth-order valence-corrected chi connectivity index (χ4v) is 2.88. The van der Waals surface area contributed by atoms with Crippen LogP contribution in [0.1, 0.15) is 12.8 Å². The maximum Gasteiger partial charge on any atom is 0.257 e. The number of aromatic nitrogens is 1. The Morgan fingerprint density at radius 2 is 2.25 bits per heavy atom. The van der Waals surface area contributed by atoms with Crippen molar-refractivity contribution < 1.29 is 14.3 Å². The molecule has 0 spiro atoms. The molecule has 1 saturated carbocycles. The summed E-state index contributed by atoms with van der Waals surface area (Å²) < 4.78 is 5.53. The Kier molecular flexibility index (Phi) is 3.93. The number of carbonyl (C=O) groups is 1. The topological polar surface area (TPSA) is 75.4 Å². The van der Waals surface area contributed by atoms with Gasteiger partial charge in [0.05, 0.1) is 11.9 Å². The number of benzene rings is 1. The first-order valence-electron chi connectivity index (χ1n) is 6.64. The van der Waals surface area contributed by atoms with E-state index >= 15 is 0 Å². The number of oxazole rings is 1. The third kappa shape index (κ3) is 3.13. The van der Waals surface area contributed by atoms with E-state index in [9.17, 15) is 4.79 Å². The zero-order chi connectivity index (χ0) is 13.9. The normalized spacial score (nSPS) is 21.6. The van der Waals surface area contributed by atoms with Crippen molar-refractivity contribution in [3.8, 4) is 0 Å². The van der Waals surface area contributed by atoms with Crippen LogP contribution in [0.15, 0.2) is 33.9 Å². The van der Waals surface area contributed by atoms with Crippen molar-refractivity contribution in [3.05, 3.63) is 24.3 Å². The van der Waals surface area contributed by atoms with E-state index in [1.54, 1.807) is 0 Å². The van der Waals surface area contributed by atoms with E-state index in [2.05, 4.69) is 10.3 Å². The number of nitrogens with zero attached hydrogens (tertiary/aromatic N) is 1. The molecule has 0 unspecified atom stereocenters. The summed E-state index contributed by atoms with van der Waals surface area (Å²) in [6, 6.07) is 7.53. The van der Waals surface area contributed by atoms with Gasteiger partial charge in [0, 0.05) is 6.54 Å². The van der Waals surface area contributed by atoms with Gasteiger partial charge >= 0.3 is 0 Å². The molecule has 20 heavy (non-hydrogen) atoms. The lowest BCUT2D eigenvalue weighted by Gasteiger charge is -2.31. The maximum absolute atomic E-state index is 11.7. The molecule has 1 aliphatic carbocycles. The molecule has 3 rings (SSSR count). The molecule has 1 heterocycles. The first-order chi connectivity index (χ1) is 9.70. The molecule has 5 nitrogen and oxygen atoms in total. The van der Waals surface area contributed by atoms with E-state index in [1.807, 2.05) is 24.3 Å². The summed E-state index contributed by atoms with van der Waals surface area (Å²) in [5.74, 6) is 0.684. The van der Waals surface area contributed by atoms with Crippen LogP contribution in [-0.2, 0) is 4.79 Å². The SMILES string of the molecule is O=C(CSc1nc2ccccc2o1)NCC1CC(O)C1. The van der Waals surface area contributed by atoms with Crippen LogP contribution in [0.5, 0.6) is 0 Å². The predicted molar refractivity (Wildman–Crippen MR) is 76.5 cm³/mol. The van der Waals surface area contributed by atoms with Crippen molar-refractivity contribution >= 4 is 28.8 Å². The molecule has 2 aromatic rings. The van der Waals surface area contributed by atoms with Crippen molar-refractivity contribution in [3.63, 3.8) is 0 Å². The number of thioether (sulfide) groups is 1. The average molecular weight is 292 g/mol. The van der Waals surface area contributed by atoms with Gasteiger partial charge in [-0.2, -0.15) is 0 Å². The minimum atomic E-state index is -0.175. The summed E-state index contributed by atoms with van der Waals surface area (Å²) in [6.07, 6.45) is 1.41. The molecule has 6 heteroatoms. The minimum absolute atomic E-state index is 0.0290. The van der Waals surface area contributed by atoms with Crippen LogP contribution < -0.4 is 5.32 Å². The number of aliphatic hydroxyl groups excluding tert-OH is 1. The summed E-state index contributed by atoms with van der Waals surface area (Å²) in [4.78, 5) is 16.0. The lowest BCUT2D eigenvalue weighted by atomic mass is 9.82. The van der Waals surface area contributed by atoms with Gasteiger partial charge in [-0.15, -0.1) is 0 Å². The van der Waals surface area contributed by atoms with Gasteiger partial charge in [0.15, 0.2) is 5.58 Å². The Morgan fingerprint density at radius 1 is 1.45 bits per heavy atom. The number of nitrogens with one attached hydrogen (secondary N) is 1. The lowest BCUT2D eigenvalue weighted by molar-refractivity contribution is -0.119. The molecule has 1 aromatic heterocycles. The second-order valence-corrected chi connectivity index (χ2v) is 5.96. The standard InChI is InChI=1S/C14H16N2O3S/c17-10-5-9(6-10)7-15-13(18)8-20-14-16-11-3-1-2-4-12(11)19-14/h1-4,9-10,17H,5-8H2,(H,15,18). The summed E-state index contributed by atoms with van der Waals surface area (Å²) in [5, 5.41) is 12.6. The molecule has 2 N–H and O–H groups in total. The van der Waals surface area contributed by atoms with E-state index in [1.165, 1.54) is 11.8 Å². The van der Waals surface area contributed by atoms with E-state index in [0.717, 1.165) is 23.9 Å². The molecule has 1 amide bonds. The van der Waals surface area contributed by atoms with Crippen molar-refractivity contribution in [1.29, 1.82) is 0 Å². The lowest BCUT2D eigenvalue weighted by Crippen LogP contribution is -2.38. The van der Waals surface area contributed by atoms with E-state index in [4.69, 9.17) is 9.52 Å². The van der Waals surface area contributed by atoms with E-state index in [-0.39, 0.29) is 12.0 Å². The van der Waals surface area contributed by atoms with E-state index < -0.39 is 0 Å². The number of rotatable bonds is 5. The number of fused-ring (bicyclic) bond motifs is 1. The second kappa shape index (κ2) is 5.85. The first kappa shape index (κ1) is 13.5. The maximum atomic E-state index is 11.7. The average Bonchev–Trinajstić information content (AvgIpc) is 2.83. The number of para-hydroxylation sites is 2. The fourth-order valence-electron chi connectivity index (χ4n) is 2.22. The Balaban J connectivity index is 1.45. The van der Waals surface area contributed by atoms with Gasteiger partial charge in [-0.05, 0) is 30.9 Å². The minimum Gasteiger partial charge on any atom is -0.431 e. The van der Waals surface area contributed by atoms with Crippen LogP contribution in [-0.4, -0.2) is 34.4 Å². The Morgan fingerprint density at radius 3 is 3.00 bits per heavy atom. The fraction of sp³-hybridized carbons (Fsp3) is 0.429. The summed E-state index contributed by atoms with van der Waals surface area (Å²) in [6.45, 7) is 0.643.